The second-order valence-electron chi connectivity index (χ2n) is 6.35. The van der Waals surface area contributed by atoms with Crippen LogP contribution in [-0.4, -0.2) is 16.3 Å². The topological polar surface area (TPSA) is 29.9 Å². The molecule has 2 aromatic carbocycles. The second-order valence-corrected chi connectivity index (χ2v) is 6.35. The fraction of sp³-hybridized carbons (Fsp3) is 0.250. The molecule has 1 N–H and O–H groups in total. The minimum Gasteiger partial charge on any atom is -0.369 e. The lowest BCUT2D eigenvalue weighted by Crippen LogP contribution is -2.04. The molecule has 23 heavy (non-hydrogen) atoms. The van der Waals surface area contributed by atoms with Gasteiger partial charge in [0.25, 0.3) is 0 Å². The number of fused-ring (bicyclic) bond motifs is 1. The minimum absolute atomic E-state index is 0.983. The first-order valence-electron chi connectivity index (χ1n) is 8.14. The predicted molar refractivity (Wildman–Crippen MR) is 95.4 cm³/mol. The first-order chi connectivity index (χ1) is 11.1. The van der Waals surface area contributed by atoms with E-state index in [0.29, 0.717) is 0 Å². The summed E-state index contributed by atoms with van der Waals surface area (Å²) in [7, 11) is 0. The lowest BCUT2D eigenvalue weighted by molar-refractivity contribution is 0.880. The Morgan fingerprint density at radius 2 is 1.78 bits per heavy atom. The van der Waals surface area contributed by atoms with Crippen molar-refractivity contribution in [2.45, 2.75) is 27.2 Å². The monoisotopic (exact) mass is 303 g/mol. The molecule has 3 nitrogen and oxygen atoms in total. The number of aromatic nitrogens is 2. The second kappa shape index (κ2) is 5.27. The molecule has 0 saturated heterocycles. The predicted octanol–water partition coefficient (Wildman–Crippen LogP) is 4.43. The summed E-state index contributed by atoms with van der Waals surface area (Å²) >= 11 is 0. The van der Waals surface area contributed by atoms with E-state index in [9.17, 15) is 0 Å². The van der Waals surface area contributed by atoms with E-state index in [4.69, 9.17) is 5.10 Å². The molecule has 2 heterocycles. The fourth-order valence-electron chi connectivity index (χ4n) is 3.27. The Bertz CT molecular complexity index is 890. The van der Waals surface area contributed by atoms with Crippen LogP contribution in [0.2, 0.25) is 0 Å². The third-order valence-electron chi connectivity index (χ3n) is 4.79. The molecule has 0 fully saturated rings. The van der Waals surface area contributed by atoms with Crippen molar-refractivity contribution in [3.05, 3.63) is 64.7 Å². The van der Waals surface area contributed by atoms with Gasteiger partial charge in [-0.05, 0) is 56.0 Å². The van der Waals surface area contributed by atoms with Gasteiger partial charge in [-0.25, -0.2) is 4.68 Å². The van der Waals surface area contributed by atoms with Gasteiger partial charge in [-0.1, -0.05) is 30.3 Å². The van der Waals surface area contributed by atoms with Crippen LogP contribution in [0.5, 0.6) is 0 Å². The van der Waals surface area contributed by atoms with Gasteiger partial charge in [-0.3, -0.25) is 0 Å². The molecule has 116 valence electrons. The largest absolute Gasteiger partial charge is 0.369 e. The molecule has 0 radical (unpaired) electrons. The highest BCUT2D eigenvalue weighted by molar-refractivity contribution is 5.74. The molecular weight excluding hydrogens is 282 g/mol. The van der Waals surface area contributed by atoms with Gasteiger partial charge in [0, 0.05) is 17.7 Å². The summed E-state index contributed by atoms with van der Waals surface area (Å²) in [5.41, 5.74) is 8.67. The van der Waals surface area contributed by atoms with Gasteiger partial charge in [0.2, 0.25) is 0 Å². The Morgan fingerprint density at radius 3 is 2.57 bits per heavy atom. The first-order valence-corrected chi connectivity index (χ1v) is 8.14. The number of hydrogen-bond donors (Lipinski definition) is 1. The van der Waals surface area contributed by atoms with E-state index in [1.807, 2.05) is 0 Å². The minimum atomic E-state index is 0.983. The SMILES string of the molecule is Cc1ccc(-n2nc(-c3ccccc3C)c3c2NCC3)cc1C. The highest BCUT2D eigenvalue weighted by Gasteiger charge is 2.24. The average Bonchev–Trinajstić information content (AvgIpc) is 3.13. The summed E-state index contributed by atoms with van der Waals surface area (Å²) in [6.45, 7) is 7.43. The van der Waals surface area contributed by atoms with Crippen LogP contribution < -0.4 is 5.32 Å². The standard InChI is InChI=1S/C20H21N3/c1-13-8-9-16(12-15(13)3)23-20-18(10-11-21-20)19(22-23)17-7-5-4-6-14(17)2/h4-9,12,21H,10-11H2,1-3H3. The zero-order valence-electron chi connectivity index (χ0n) is 13.9. The van der Waals surface area contributed by atoms with Crippen molar-refractivity contribution in [3.63, 3.8) is 0 Å². The smallest absolute Gasteiger partial charge is 0.133 e. The van der Waals surface area contributed by atoms with Crippen molar-refractivity contribution in [1.29, 1.82) is 0 Å². The Hall–Kier alpha value is -2.55. The summed E-state index contributed by atoms with van der Waals surface area (Å²) in [5, 5.41) is 8.47. The molecule has 1 aliphatic rings. The molecule has 0 bridgehead atoms. The number of aryl methyl sites for hydroxylation is 3. The van der Waals surface area contributed by atoms with Gasteiger partial charge in [-0.15, -0.1) is 0 Å². The molecule has 0 saturated carbocycles. The van der Waals surface area contributed by atoms with Gasteiger partial charge in [0.15, 0.2) is 0 Å². The molecule has 0 amide bonds. The van der Waals surface area contributed by atoms with Gasteiger partial charge in [-0.2, -0.15) is 5.10 Å². The van der Waals surface area contributed by atoms with Crippen LogP contribution in [0.25, 0.3) is 16.9 Å². The fourth-order valence-corrected chi connectivity index (χ4v) is 3.27. The van der Waals surface area contributed by atoms with E-state index in [-0.39, 0.29) is 0 Å². The van der Waals surface area contributed by atoms with Crippen molar-refractivity contribution in [3.8, 4) is 16.9 Å². The summed E-state index contributed by atoms with van der Waals surface area (Å²) < 4.78 is 2.07. The number of anilines is 1. The normalized spacial score (nSPS) is 13.0. The maximum Gasteiger partial charge on any atom is 0.133 e. The zero-order chi connectivity index (χ0) is 16.0. The quantitative estimate of drug-likeness (QED) is 0.759. The van der Waals surface area contributed by atoms with Crippen molar-refractivity contribution < 1.29 is 0 Å². The van der Waals surface area contributed by atoms with Crippen molar-refractivity contribution in [1.82, 2.24) is 9.78 Å². The Labute approximate surface area is 137 Å². The number of rotatable bonds is 2. The van der Waals surface area contributed by atoms with Gasteiger partial charge < -0.3 is 5.32 Å². The van der Waals surface area contributed by atoms with Crippen LogP contribution in [0.15, 0.2) is 42.5 Å². The van der Waals surface area contributed by atoms with Gasteiger partial charge >= 0.3 is 0 Å². The number of benzene rings is 2. The van der Waals surface area contributed by atoms with Crippen molar-refractivity contribution in [2.75, 3.05) is 11.9 Å². The third-order valence-corrected chi connectivity index (χ3v) is 4.79. The molecule has 1 aliphatic heterocycles. The molecule has 4 rings (SSSR count). The van der Waals surface area contributed by atoms with E-state index in [2.05, 4.69) is 73.2 Å². The molecule has 0 aliphatic carbocycles. The lowest BCUT2D eigenvalue weighted by Gasteiger charge is -2.09. The van der Waals surface area contributed by atoms with Crippen LogP contribution >= 0.6 is 0 Å². The van der Waals surface area contributed by atoms with E-state index in [1.165, 1.54) is 27.8 Å². The van der Waals surface area contributed by atoms with Crippen molar-refractivity contribution in [2.24, 2.45) is 0 Å². The molecule has 3 heteroatoms. The van der Waals surface area contributed by atoms with Crippen molar-refractivity contribution >= 4 is 5.82 Å². The molecular formula is C20H21N3. The van der Waals surface area contributed by atoms with E-state index in [0.717, 1.165) is 30.2 Å². The maximum absolute atomic E-state index is 4.96. The van der Waals surface area contributed by atoms with E-state index in [1.54, 1.807) is 0 Å². The summed E-state index contributed by atoms with van der Waals surface area (Å²) in [5.74, 6) is 1.14. The highest BCUT2D eigenvalue weighted by atomic mass is 15.3. The lowest BCUT2D eigenvalue weighted by atomic mass is 10.0. The van der Waals surface area contributed by atoms with E-state index >= 15 is 0 Å². The van der Waals surface area contributed by atoms with Gasteiger partial charge in [0.1, 0.15) is 5.82 Å². The number of hydrogen-bond acceptors (Lipinski definition) is 2. The third kappa shape index (κ3) is 2.24. The van der Waals surface area contributed by atoms with Crippen LogP contribution in [-0.2, 0) is 6.42 Å². The molecule has 0 unspecified atom stereocenters. The zero-order valence-corrected chi connectivity index (χ0v) is 13.9. The van der Waals surface area contributed by atoms with Gasteiger partial charge in [0.05, 0.1) is 11.4 Å². The maximum atomic E-state index is 4.96. The number of nitrogens with zero attached hydrogens (tertiary/aromatic N) is 2. The van der Waals surface area contributed by atoms with E-state index < -0.39 is 0 Å². The van der Waals surface area contributed by atoms with Crippen LogP contribution in [0, 0.1) is 20.8 Å². The van der Waals surface area contributed by atoms with Crippen LogP contribution in [0.4, 0.5) is 5.82 Å². The Balaban J connectivity index is 1.91. The molecule has 0 spiro atoms. The Morgan fingerprint density at radius 1 is 0.957 bits per heavy atom. The summed E-state index contributed by atoms with van der Waals surface area (Å²) in [6.07, 6.45) is 1.03. The highest BCUT2D eigenvalue weighted by Crippen LogP contribution is 2.35. The summed E-state index contributed by atoms with van der Waals surface area (Å²) in [6, 6.07) is 15.0. The van der Waals surface area contributed by atoms with Crippen LogP contribution in [0.1, 0.15) is 22.3 Å². The number of nitrogens with one attached hydrogen (secondary N) is 1. The molecule has 1 aromatic heterocycles. The Kier molecular flexibility index (Phi) is 3.22. The molecule has 0 atom stereocenters. The van der Waals surface area contributed by atoms with Crippen LogP contribution in [0.3, 0.4) is 0 Å². The summed E-state index contributed by atoms with van der Waals surface area (Å²) in [4.78, 5) is 0. The average molecular weight is 303 g/mol. The first kappa shape index (κ1) is 14.1. The molecule has 3 aromatic rings.